The molecule has 0 aliphatic carbocycles. The monoisotopic (exact) mass is 309 g/mol. The van der Waals surface area contributed by atoms with Crippen molar-refractivity contribution in [3.8, 4) is 5.69 Å². The third-order valence-corrected chi connectivity index (χ3v) is 3.24. The fourth-order valence-corrected chi connectivity index (χ4v) is 1.94. The Kier molecular flexibility index (Phi) is 3.91. The minimum atomic E-state index is -0.507. The predicted octanol–water partition coefficient (Wildman–Crippen LogP) is 2.30. The lowest BCUT2D eigenvalue weighted by Gasteiger charge is -2.13. The molecule has 0 amide bonds. The molecule has 21 heavy (non-hydrogen) atoms. The van der Waals surface area contributed by atoms with Crippen molar-refractivity contribution >= 4 is 17.6 Å². The van der Waals surface area contributed by atoms with Crippen LogP contribution in [0.4, 0.5) is 0 Å². The Bertz CT molecular complexity index is 741. The molecule has 0 saturated carbocycles. The zero-order chi connectivity index (χ0) is 15.8. The number of halogens is 1. The van der Waals surface area contributed by atoms with Crippen molar-refractivity contribution in [1.29, 1.82) is 0 Å². The summed E-state index contributed by atoms with van der Waals surface area (Å²) in [6.07, 6.45) is 0. The molecule has 2 aromatic rings. The van der Waals surface area contributed by atoms with Crippen molar-refractivity contribution < 1.29 is 9.53 Å². The number of aromatic nitrogens is 3. The summed E-state index contributed by atoms with van der Waals surface area (Å²) in [6, 6.07) is 4.53. The third kappa shape index (κ3) is 3.00. The fourth-order valence-electron chi connectivity index (χ4n) is 1.75. The summed E-state index contributed by atoms with van der Waals surface area (Å²) in [6.45, 7) is 5.80. The number of carbonyl (C=O) groups is 1. The number of hydrogen-bond acceptors (Lipinski definition) is 4. The topological polar surface area (TPSA) is 77.0 Å². The highest BCUT2D eigenvalue weighted by molar-refractivity contribution is 6.32. The van der Waals surface area contributed by atoms with Crippen LogP contribution < -0.4 is 5.69 Å². The maximum absolute atomic E-state index is 12.1. The number of H-pyrrole nitrogens is 1. The molecule has 1 N–H and O–H groups in total. The van der Waals surface area contributed by atoms with Crippen LogP contribution in [0.2, 0.25) is 5.02 Å². The molecule has 0 aliphatic rings. The molecule has 0 bridgehead atoms. The number of methoxy groups -OCH3 is 1. The highest BCUT2D eigenvalue weighted by Gasteiger charge is 2.21. The first kappa shape index (κ1) is 15.3. The summed E-state index contributed by atoms with van der Waals surface area (Å²) in [5.41, 5.74) is -0.0964. The number of esters is 1. The number of aromatic amines is 1. The summed E-state index contributed by atoms with van der Waals surface area (Å²) >= 11 is 6.11. The van der Waals surface area contributed by atoms with E-state index < -0.39 is 11.7 Å². The molecule has 0 atom stereocenters. The molecular weight excluding hydrogens is 294 g/mol. The molecule has 1 heterocycles. The van der Waals surface area contributed by atoms with Crippen molar-refractivity contribution in [3.05, 3.63) is 45.1 Å². The standard InChI is InChI=1S/C14H16ClN3O3/c1-14(2,3)12-16-13(20)18(17-12)10-7-8(11(19)21-4)5-6-9(10)15/h5-7H,1-4H3,(H,16,17,20). The minimum Gasteiger partial charge on any atom is -0.465 e. The number of hydrogen-bond donors (Lipinski definition) is 1. The number of ether oxygens (including phenoxy) is 1. The van der Waals surface area contributed by atoms with E-state index in [1.165, 1.54) is 25.3 Å². The molecule has 7 heteroatoms. The average Bonchev–Trinajstić information content (AvgIpc) is 2.80. The van der Waals surface area contributed by atoms with Gasteiger partial charge in [-0.2, -0.15) is 4.68 Å². The second-order valence-corrected chi connectivity index (χ2v) is 6.01. The summed E-state index contributed by atoms with van der Waals surface area (Å²) in [5, 5.41) is 4.57. The summed E-state index contributed by atoms with van der Waals surface area (Å²) in [7, 11) is 1.29. The van der Waals surface area contributed by atoms with Gasteiger partial charge in [0.1, 0.15) is 5.82 Å². The zero-order valence-electron chi connectivity index (χ0n) is 12.2. The van der Waals surface area contributed by atoms with E-state index in [0.717, 1.165) is 4.68 Å². The van der Waals surface area contributed by atoms with Crippen molar-refractivity contribution in [2.45, 2.75) is 26.2 Å². The smallest absolute Gasteiger partial charge is 0.348 e. The van der Waals surface area contributed by atoms with Gasteiger partial charge in [-0.25, -0.2) is 9.59 Å². The van der Waals surface area contributed by atoms with Crippen LogP contribution in [0, 0.1) is 0 Å². The zero-order valence-corrected chi connectivity index (χ0v) is 13.0. The normalized spacial score (nSPS) is 11.5. The van der Waals surface area contributed by atoms with Crippen molar-refractivity contribution in [2.75, 3.05) is 7.11 Å². The lowest BCUT2D eigenvalue weighted by molar-refractivity contribution is 0.0600. The van der Waals surface area contributed by atoms with Crippen LogP contribution in [0.25, 0.3) is 5.69 Å². The van der Waals surface area contributed by atoms with E-state index in [4.69, 9.17) is 11.6 Å². The van der Waals surface area contributed by atoms with Gasteiger partial charge in [0.25, 0.3) is 0 Å². The van der Waals surface area contributed by atoms with Crippen LogP contribution in [-0.2, 0) is 10.2 Å². The number of benzene rings is 1. The number of rotatable bonds is 2. The van der Waals surface area contributed by atoms with Gasteiger partial charge in [0.05, 0.1) is 23.4 Å². The Morgan fingerprint density at radius 2 is 2.05 bits per heavy atom. The Morgan fingerprint density at radius 3 is 2.57 bits per heavy atom. The van der Waals surface area contributed by atoms with Crippen LogP contribution in [0.3, 0.4) is 0 Å². The summed E-state index contributed by atoms with van der Waals surface area (Å²) in [5.74, 6) is 0.0274. The Labute approximate surface area is 126 Å². The Morgan fingerprint density at radius 1 is 1.38 bits per heavy atom. The van der Waals surface area contributed by atoms with Crippen molar-refractivity contribution in [2.24, 2.45) is 0 Å². The lowest BCUT2D eigenvalue weighted by Crippen LogP contribution is -2.17. The molecule has 6 nitrogen and oxygen atoms in total. The van der Waals surface area contributed by atoms with Crippen molar-refractivity contribution in [3.63, 3.8) is 0 Å². The molecule has 0 spiro atoms. The molecular formula is C14H16ClN3O3. The Balaban J connectivity index is 2.59. The van der Waals surface area contributed by atoms with E-state index in [-0.39, 0.29) is 5.41 Å². The van der Waals surface area contributed by atoms with Gasteiger partial charge in [-0.15, -0.1) is 5.10 Å². The maximum Gasteiger partial charge on any atom is 0.348 e. The van der Waals surface area contributed by atoms with Gasteiger partial charge in [-0.05, 0) is 18.2 Å². The van der Waals surface area contributed by atoms with Crippen molar-refractivity contribution in [1.82, 2.24) is 14.8 Å². The van der Waals surface area contributed by atoms with E-state index in [0.29, 0.717) is 22.1 Å². The van der Waals surface area contributed by atoms with E-state index in [1.54, 1.807) is 0 Å². The van der Waals surface area contributed by atoms with Gasteiger partial charge < -0.3 is 4.74 Å². The van der Waals surface area contributed by atoms with Gasteiger partial charge in [-0.1, -0.05) is 32.4 Å². The second kappa shape index (κ2) is 5.37. The van der Waals surface area contributed by atoms with E-state index in [9.17, 15) is 9.59 Å². The quantitative estimate of drug-likeness (QED) is 0.864. The lowest BCUT2D eigenvalue weighted by atomic mass is 9.96. The second-order valence-electron chi connectivity index (χ2n) is 5.60. The average molecular weight is 310 g/mol. The molecule has 0 saturated heterocycles. The maximum atomic E-state index is 12.1. The van der Waals surface area contributed by atoms with Gasteiger partial charge in [0.15, 0.2) is 0 Å². The highest BCUT2D eigenvalue weighted by atomic mass is 35.5. The molecule has 0 aliphatic heterocycles. The van der Waals surface area contributed by atoms with Crippen LogP contribution >= 0.6 is 11.6 Å². The number of nitrogens with zero attached hydrogens (tertiary/aromatic N) is 2. The largest absolute Gasteiger partial charge is 0.465 e. The summed E-state index contributed by atoms with van der Waals surface area (Å²) < 4.78 is 5.81. The molecule has 2 rings (SSSR count). The SMILES string of the molecule is COC(=O)c1ccc(Cl)c(-n2nc(C(C)(C)C)[nH]c2=O)c1. The number of carbonyl (C=O) groups excluding carboxylic acids is 1. The molecule has 1 aromatic carbocycles. The van der Waals surface area contributed by atoms with Crippen LogP contribution in [0.1, 0.15) is 37.0 Å². The number of nitrogens with one attached hydrogen (secondary N) is 1. The minimum absolute atomic E-state index is 0.295. The van der Waals surface area contributed by atoms with E-state index >= 15 is 0 Å². The molecule has 0 radical (unpaired) electrons. The van der Waals surface area contributed by atoms with Gasteiger partial charge >= 0.3 is 11.7 Å². The van der Waals surface area contributed by atoms with E-state index in [2.05, 4.69) is 14.8 Å². The first-order valence-corrected chi connectivity index (χ1v) is 6.70. The molecule has 112 valence electrons. The fraction of sp³-hybridized carbons (Fsp3) is 0.357. The van der Waals surface area contributed by atoms with Crippen LogP contribution in [0.15, 0.2) is 23.0 Å². The first-order chi connectivity index (χ1) is 9.74. The van der Waals surface area contributed by atoms with Crippen LogP contribution in [0.5, 0.6) is 0 Å². The molecule has 0 fully saturated rings. The molecule has 1 aromatic heterocycles. The molecule has 0 unspecified atom stereocenters. The van der Waals surface area contributed by atoms with Crippen LogP contribution in [-0.4, -0.2) is 27.8 Å². The van der Waals surface area contributed by atoms with E-state index in [1.807, 2.05) is 20.8 Å². The summed E-state index contributed by atoms with van der Waals surface area (Å²) in [4.78, 5) is 26.3. The van der Waals surface area contributed by atoms with Gasteiger partial charge in [-0.3, -0.25) is 4.98 Å². The third-order valence-electron chi connectivity index (χ3n) is 2.92. The predicted molar refractivity (Wildman–Crippen MR) is 79.2 cm³/mol. The highest BCUT2D eigenvalue weighted by Crippen LogP contribution is 2.22. The first-order valence-electron chi connectivity index (χ1n) is 6.32. The Hall–Kier alpha value is -2.08. The van der Waals surface area contributed by atoms with Gasteiger partial charge in [0, 0.05) is 5.41 Å². The van der Waals surface area contributed by atoms with Gasteiger partial charge in [0.2, 0.25) is 0 Å².